The SMILES string of the molecule is CCOC(COc1cccc(Cl)c1F)C(=O)O. The minimum absolute atomic E-state index is 0.0780. The highest BCUT2D eigenvalue weighted by Crippen LogP contribution is 2.24. The number of benzene rings is 1. The molecule has 4 nitrogen and oxygen atoms in total. The number of carboxylic acids is 1. The lowest BCUT2D eigenvalue weighted by Gasteiger charge is -2.14. The smallest absolute Gasteiger partial charge is 0.336 e. The van der Waals surface area contributed by atoms with E-state index in [4.69, 9.17) is 26.2 Å². The number of rotatable bonds is 6. The van der Waals surface area contributed by atoms with Crippen LogP contribution in [0.3, 0.4) is 0 Å². The Kier molecular flexibility index (Phi) is 5.18. The van der Waals surface area contributed by atoms with E-state index in [9.17, 15) is 9.18 Å². The topological polar surface area (TPSA) is 55.8 Å². The second-order valence-corrected chi connectivity index (χ2v) is 3.55. The van der Waals surface area contributed by atoms with Gasteiger partial charge in [0.2, 0.25) is 0 Å². The molecule has 0 saturated heterocycles. The van der Waals surface area contributed by atoms with Crippen LogP contribution in [-0.2, 0) is 9.53 Å². The van der Waals surface area contributed by atoms with Crippen LogP contribution < -0.4 is 4.74 Å². The highest BCUT2D eigenvalue weighted by atomic mass is 35.5. The van der Waals surface area contributed by atoms with Gasteiger partial charge >= 0.3 is 5.97 Å². The largest absolute Gasteiger partial charge is 0.487 e. The Hall–Kier alpha value is -1.33. The summed E-state index contributed by atoms with van der Waals surface area (Å²) < 4.78 is 23.3. The van der Waals surface area contributed by atoms with Gasteiger partial charge in [-0.25, -0.2) is 9.18 Å². The van der Waals surface area contributed by atoms with E-state index in [0.717, 1.165) is 0 Å². The summed E-state index contributed by atoms with van der Waals surface area (Å²) in [7, 11) is 0. The molecule has 1 unspecified atom stereocenters. The van der Waals surface area contributed by atoms with E-state index < -0.39 is 17.9 Å². The Balaban J connectivity index is 2.65. The standard InChI is InChI=1S/C11H12ClFO4/c1-2-16-9(11(14)15)6-17-8-5-3-4-7(12)10(8)13/h3-5,9H,2,6H2,1H3,(H,14,15). The van der Waals surface area contributed by atoms with Gasteiger partial charge in [-0.2, -0.15) is 0 Å². The summed E-state index contributed by atoms with van der Waals surface area (Å²) in [4.78, 5) is 10.7. The summed E-state index contributed by atoms with van der Waals surface area (Å²) >= 11 is 5.55. The molecular weight excluding hydrogens is 251 g/mol. The second-order valence-electron chi connectivity index (χ2n) is 3.15. The molecule has 0 aromatic heterocycles. The van der Waals surface area contributed by atoms with Gasteiger partial charge in [0.25, 0.3) is 0 Å². The molecule has 6 heteroatoms. The molecular formula is C11H12ClFO4. The van der Waals surface area contributed by atoms with E-state index in [1.165, 1.54) is 18.2 Å². The first kappa shape index (κ1) is 13.7. The molecule has 0 aliphatic rings. The third-order valence-corrected chi connectivity index (χ3v) is 2.24. The maximum atomic E-state index is 13.4. The van der Waals surface area contributed by atoms with Crippen molar-refractivity contribution in [1.29, 1.82) is 0 Å². The third-order valence-electron chi connectivity index (χ3n) is 1.95. The first-order chi connectivity index (χ1) is 8.06. The predicted molar refractivity (Wildman–Crippen MR) is 60.0 cm³/mol. The molecule has 1 atom stereocenters. The molecule has 0 saturated carbocycles. The van der Waals surface area contributed by atoms with Crippen LogP contribution in [0.2, 0.25) is 5.02 Å². The zero-order valence-electron chi connectivity index (χ0n) is 9.15. The summed E-state index contributed by atoms with van der Waals surface area (Å²) in [6, 6.07) is 4.25. The lowest BCUT2D eigenvalue weighted by atomic mass is 10.3. The van der Waals surface area contributed by atoms with Crippen LogP contribution in [0.4, 0.5) is 4.39 Å². The summed E-state index contributed by atoms with van der Waals surface area (Å²) in [5.74, 6) is -1.97. The van der Waals surface area contributed by atoms with Crippen molar-refractivity contribution in [2.24, 2.45) is 0 Å². The lowest BCUT2D eigenvalue weighted by Crippen LogP contribution is -2.30. The van der Waals surface area contributed by atoms with Gasteiger partial charge in [-0.1, -0.05) is 17.7 Å². The molecule has 0 radical (unpaired) electrons. The predicted octanol–water partition coefficient (Wildman–Crippen LogP) is 2.35. The summed E-state index contributed by atoms with van der Waals surface area (Å²) in [6.07, 6.45) is -1.13. The number of carboxylic acid groups (broad SMARTS) is 1. The van der Waals surface area contributed by atoms with Gasteiger partial charge in [-0.05, 0) is 19.1 Å². The van der Waals surface area contributed by atoms with Gasteiger partial charge in [0.15, 0.2) is 17.7 Å². The van der Waals surface area contributed by atoms with Gasteiger partial charge in [-0.15, -0.1) is 0 Å². The highest BCUT2D eigenvalue weighted by molar-refractivity contribution is 6.30. The fraction of sp³-hybridized carbons (Fsp3) is 0.364. The van der Waals surface area contributed by atoms with Gasteiger partial charge in [0.1, 0.15) is 6.61 Å². The summed E-state index contributed by atoms with van der Waals surface area (Å²) in [5.41, 5.74) is 0. The van der Waals surface area contributed by atoms with E-state index in [1.54, 1.807) is 6.92 Å². The maximum Gasteiger partial charge on any atom is 0.336 e. The average Bonchev–Trinajstić information content (AvgIpc) is 2.29. The number of hydrogen-bond acceptors (Lipinski definition) is 3. The minimum Gasteiger partial charge on any atom is -0.487 e. The monoisotopic (exact) mass is 262 g/mol. The fourth-order valence-corrected chi connectivity index (χ4v) is 1.32. The summed E-state index contributed by atoms with van der Waals surface area (Å²) in [5, 5.41) is 8.70. The van der Waals surface area contributed by atoms with Crippen molar-refractivity contribution in [2.75, 3.05) is 13.2 Å². The van der Waals surface area contributed by atoms with Crippen LogP contribution in [0.15, 0.2) is 18.2 Å². The number of aliphatic carboxylic acids is 1. The summed E-state index contributed by atoms with van der Waals surface area (Å²) in [6.45, 7) is 1.62. The molecule has 0 fully saturated rings. The molecule has 17 heavy (non-hydrogen) atoms. The van der Waals surface area contributed by atoms with Crippen molar-refractivity contribution < 1.29 is 23.8 Å². The van der Waals surface area contributed by atoms with E-state index >= 15 is 0 Å². The third kappa shape index (κ3) is 3.87. The van der Waals surface area contributed by atoms with Crippen molar-refractivity contribution in [3.8, 4) is 5.75 Å². The normalized spacial score (nSPS) is 12.2. The molecule has 0 heterocycles. The molecule has 0 aliphatic heterocycles. The van der Waals surface area contributed by atoms with E-state index in [0.29, 0.717) is 0 Å². The molecule has 1 aromatic rings. The number of hydrogen-bond donors (Lipinski definition) is 1. The van der Waals surface area contributed by atoms with Crippen LogP contribution in [0, 0.1) is 5.82 Å². The molecule has 0 aliphatic carbocycles. The average molecular weight is 263 g/mol. The van der Waals surface area contributed by atoms with Crippen LogP contribution in [0.1, 0.15) is 6.92 Å². The molecule has 94 valence electrons. The van der Waals surface area contributed by atoms with Crippen LogP contribution in [0.5, 0.6) is 5.75 Å². The Morgan fingerprint density at radius 2 is 2.29 bits per heavy atom. The molecule has 1 N–H and O–H groups in total. The second kappa shape index (κ2) is 6.42. The highest BCUT2D eigenvalue weighted by Gasteiger charge is 2.19. The van der Waals surface area contributed by atoms with E-state index in [1.807, 2.05) is 0 Å². The molecule has 0 amide bonds. The van der Waals surface area contributed by atoms with Crippen molar-refractivity contribution >= 4 is 17.6 Å². The minimum atomic E-state index is -1.16. The van der Waals surface area contributed by atoms with Crippen LogP contribution >= 0.6 is 11.6 Å². The van der Waals surface area contributed by atoms with Gasteiger partial charge < -0.3 is 14.6 Å². The lowest BCUT2D eigenvalue weighted by molar-refractivity contribution is -0.152. The zero-order chi connectivity index (χ0) is 12.8. The molecule has 0 bridgehead atoms. The molecule has 0 spiro atoms. The Labute approximate surface area is 103 Å². The quantitative estimate of drug-likeness (QED) is 0.855. The first-order valence-electron chi connectivity index (χ1n) is 4.97. The van der Waals surface area contributed by atoms with E-state index in [2.05, 4.69) is 0 Å². The zero-order valence-corrected chi connectivity index (χ0v) is 9.91. The van der Waals surface area contributed by atoms with Gasteiger partial charge in [0, 0.05) is 6.61 Å². The van der Waals surface area contributed by atoms with Crippen LogP contribution in [0.25, 0.3) is 0 Å². The Bertz CT molecular complexity index is 397. The van der Waals surface area contributed by atoms with Crippen molar-refractivity contribution in [3.63, 3.8) is 0 Å². The van der Waals surface area contributed by atoms with Crippen LogP contribution in [-0.4, -0.2) is 30.4 Å². The van der Waals surface area contributed by atoms with Crippen molar-refractivity contribution in [3.05, 3.63) is 29.0 Å². The van der Waals surface area contributed by atoms with Crippen molar-refractivity contribution in [1.82, 2.24) is 0 Å². The number of ether oxygens (including phenoxy) is 2. The Morgan fingerprint density at radius 3 is 2.88 bits per heavy atom. The van der Waals surface area contributed by atoms with E-state index in [-0.39, 0.29) is 24.0 Å². The fourth-order valence-electron chi connectivity index (χ4n) is 1.15. The molecule has 1 aromatic carbocycles. The van der Waals surface area contributed by atoms with Crippen molar-refractivity contribution in [2.45, 2.75) is 13.0 Å². The molecule has 1 rings (SSSR count). The Morgan fingerprint density at radius 1 is 1.59 bits per heavy atom. The van der Waals surface area contributed by atoms with Gasteiger partial charge in [0.05, 0.1) is 5.02 Å². The first-order valence-corrected chi connectivity index (χ1v) is 5.35. The number of halogens is 2. The van der Waals surface area contributed by atoms with Gasteiger partial charge in [-0.3, -0.25) is 0 Å². The number of carbonyl (C=O) groups is 1. The maximum absolute atomic E-state index is 13.4.